The van der Waals surface area contributed by atoms with Gasteiger partial charge in [-0.15, -0.1) is 11.8 Å². The highest BCUT2D eigenvalue weighted by Crippen LogP contribution is 2.49. The SMILES string of the molecule is CSCN1C(c2ccccc2)C(c2ccccc2)N(SC)C1C. The van der Waals surface area contributed by atoms with Gasteiger partial charge in [-0.05, 0) is 30.6 Å². The number of thioether (sulfide) groups is 1. The second-order valence-corrected chi connectivity index (χ2v) is 7.44. The molecule has 0 saturated carbocycles. The molecular formula is C19H24N2S2. The van der Waals surface area contributed by atoms with Crippen molar-refractivity contribution in [2.75, 3.05) is 18.4 Å². The molecule has 122 valence electrons. The predicted molar refractivity (Wildman–Crippen MR) is 103 cm³/mol. The monoisotopic (exact) mass is 344 g/mol. The van der Waals surface area contributed by atoms with E-state index in [-0.39, 0.29) is 0 Å². The van der Waals surface area contributed by atoms with Crippen LogP contribution in [0.5, 0.6) is 0 Å². The van der Waals surface area contributed by atoms with E-state index in [4.69, 9.17) is 0 Å². The molecule has 0 bridgehead atoms. The lowest BCUT2D eigenvalue weighted by Gasteiger charge is -2.28. The van der Waals surface area contributed by atoms with Gasteiger partial charge in [0, 0.05) is 5.88 Å². The van der Waals surface area contributed by atoms with Gasteiger partial charge in [0.15, 0.2) is 0 Å². The van der Waals surface area contributed by atoms with E-state index in [1.165, 1.54) is 11.1 Å². The highest BCUT2D eigenvalue weighted by molar-refractivity contribution is 7.98. The summed E-state index contributed by atoms with van der Waals surface area (Å²) in [5.41, 5.74) is 2.80. The topological polar surface area (TPSA) is 6.48 Å². The van der Waals surface area contributed by atoms with E-state index in [1.54, 1.807) is 0 Å². The maximum atomic E-state index is 2.62. The molecule has 1 fully saturated rings. The summed E-state index contributed by atoms with van der Waals surface area (Å²) in [7, 11) is 0. The summed E-state index contributed by atoms with van der Waals surface area (Å²) in [6.07, 6.45) is 4.79. The van der Waals surface area contributed by atoms with Gasteiger partial charge >= 0.3 is 0 Å². The number of benzene rings is 2. The third-order valence-electron chi connectivity index (χ3n) is 4.55. The molecule has 2 aromatic carbocycles. The van der Waals surface area contributed by atoms with E-state index >= 15 is 0 Å². The predicted octanol–water partition coefficient (Wildman–Crippen LogP) is 5.03. The van der Waals surface area contributed by atoms with Crippen LogP contribution in [0.4, 0.5) is 0 Å². The minimum absolute atomic E-state index is 0.371. The molecule has 1 aliphatic rings. The fraction of sp³-hybridized carbons (Fsp3) is 0.368. The Hall–Kier alpha value is -0.940. The van der Waals surface area contributed by atoms with E-state index < -0.39 is 0 Å². The first-order valence-electron chi connectivity index (χ1n) is 7.95. The van der Waals surface area contributed by atoms with E-state index in [9.17, 15) is 0 Å². The van der Waals surface area contributed by atoms with Crippen molar-refractivity contribution in [3.63, 3.8) is 0 Å². The van der Waals surface area contributed by atoms with Gasteiger partial charge in [0.2, 0.25) is 0 Å². The highest BCUT2D eigenvalue weighted by atomic mass is 32.2. The molecule has 0 aromatic heterocycles. The first kappa shape index (κ1) is 16.9. The first-order chi connectivity index (χ1) is 11.3. The van der Waals surface area contributed by atoms with E-state index in [0.717, 1.165) is 5.88 Å². The number of nitrogens with zero attached hydrogens (tertiary/aromatic N) is 2. The summed E-state index contributed by atoms with van der Waals surface area (Å²) < 4.78 is 2.54. The molecule has 0 radical (unpaired) electrons. The molecule has 0 aliphatic carbocycles. The first-order valence-corrected chi connectivity index (χ1v) is 10.5. The molecule has 3 atom stereocenters. The minimum Gasteiger partial charge on any atom is -0.269 e. The average Bonchev–Trinajstić information content (AvgIpc) is 2.89. The van der Waals surface area contributed by atoms with Gasteiger partial charge in [-0.25, -0.2) is 4.31 Å². The normalized spacial score (nSPS) is 25.8. The molecule has 3 unspecified atom stereocenters. The third kappa shape index (κ3) is 3.31. The van der Waals surface area contributed by atoms with Crippen LogP contribution < -0.4 is 0 Å². The zero-order chi connectivity index (χ0) is 16.2. The molecule has 23 heavy (non-hydrogen) atoms. The number of hydrogen-bond donors (Lipinski definition) is 0. The molecular weight excluding hydrogens is 320 g/mol. The summed E-state index contributed by atoms with van der Waals surface area (Å²) in [6.45, 7) is 2.33. The van der Waals surface area contributed by atoms with Crippen LogP contribution in [0.2, 0.25) is 0 Å². The summed E-state index contributed by atoms with van der Waals surface area (Å²) in [4.78, 5) is 2.62. The Morgan fingerprint density at radius 1 is 0.826 bits per heavy atom. The number of hydrogen-bond acceptors (Lipinski definition) is 4. The van der Waals surface area contributed by atoms with E-state index in [0.29, 0.717) is 18.2 Å². The zero-order valence-corrected chi connectivity index (χ0v) is 15.6. The molecule has 0 spiro atoms. The van der Waals surface area contributed by atoms with Crippen molar-refractivity contribution in [2.24, 2.45) is 0 Å². The summed E-state index contributed by atoms with van der Waals surface area (Å²) in [5, 5.41) is 0. The van der Waals surface area contributed by atoms with Crippen LogP contribution in [0.25, 0.3) is 0 Å². The third-order valence-corrected chi connectivity index (χ3v) is 6.06. The van der Waals surface area contributed by atoms with Crippen molar-refractivity contribution < 1.29 is 0 Å². The summed E-state index contributed by atoms with van der Waals surface area (Å²) in [5.74, 6) is 1.04. The fourth-order valence-corrected chi connectivity index (χ4v) is 5.10. The molecule has 1 aliphatic heterocycles. The second kappa shape index (κ2) is 7.75. The lowest BCUT2D eigenvalue weighted by Crippen LogP contribution is -2.33. The quantitative estimate of drug-likeness (QED) is 0.701. The van der Waals surface area contributed by atoms with Crippen LogP contribution >= 0.6 is 23.7 Å². The fourth-order valence-electron chi connectivity index (χ4n) is 3.54. The van der Waals surface area contributed by atoms with Gasteiger partial charge in [-0.1, -0.05) is 72.6 Å². The van der Waals surface area contributed by atoms with Crippen LogP contribution in [0.1, 0.15) is 30.1 Å². The van der Waals surface area contributed by atoms with E-state index in [2.05, 4.69) is 89.3 Å². The Morgan fingerprint density at radius 3 is 1.83 bits per heavy atom. The van der Waals surface area contributed by atoms with Crippen LogP contribution in [-0.4, -0.2) is 33.8 Å². The molecule has 3 rings (SSSR count). The van der Waals surface area contributed by atoms with Crippen molar-refractivity contribution in [3.8, 4) is 0 Å². The Kier molecular flexibility index (Phi) is 5.70. The standard InChI is InChI=1S/C19H24N2S2/c1-15-20(14-22-2)18(16-10-6-4-7-11-16)19(21(15)23-3)17-12-8-5-9-13-17/h4-13,15,18-19H,14H2,1-3H3. The summed E-state index contributed by atoms with van der Waals surface area (Å²) >= 11 is 3.75. The smallest absolute Gasteiger partial charge is 0.0712 e. The van der Waals surface area contributed by atoms with E-state index in [1.807, 2.05) is 23.7 Å². The zero-order valence-electron chi connectivity index (χ0n) is 13.9. The molecule has 2 nitrogen and oxygen atoms in total. The maximum absolute atomic E-state index is 2.62. The molecule has 0 amide bonds. The summed E-state index contributed by atoms with van der Waals surface area (Å²) in [6, 6.07) is 22.6. The Balaban J connectivity index is 2.07. The van der Waals surface area contributed by atoms with Crippen LogP contribution in [-0.2, 0) is 0 Å². The van der Waals surface area contributed by atoms with Gasteiger partial charge in [-0.2, -0.15) is 0 Å². The molecule has 1 saturated heterocycles. The van der Waals surface area contributed by atoms with Gasteiger partial charge in [-0.3, -0.25) is 4.90 Å². The van der Waals surface area contributed by atoms with Crippen LogP contribution in [0, 0.1) is 0 Å². The lowest BCUT2D eigenvalue weighted by atomic mass is 9.94. The van der Waals surface area contributed by atoms with Crippen molar-refractivity contribution >= 4 is 23.7 Å². The highest BCUT2D eigenvalue weighted by Gasteiger charge is 2.46. The van der Waals surface area contributed by atoms with Crippen LogP contribution in [0.3, 0.4) is 0 Å². The molecule has 2 aromatic rings. The number of rotatable bonds is 5. The van der Waals surface area contributed by atoms with Crippen LogP contribution in [0.15, 0.2) is 60.7 Å². The Labute approximate surface area is 148 Å². The molecule has 1 heterocycles. The molecule has 0 N–H and O–H groups in total. The van der Waals surface area contributed by atoms with Crippen molar-refractivity contribution in [2.45, 2.75) is 25.2 Å². The maximum Gasteiger partial charge on any atom is 0.0712 e. The van der Waals surface area contributed by atoms with Gasteiger partial charge in [0.1, 0.15) is 0 Å². The van der Waals surface area contributed by atoms with Crippen molar-refractivity contribution in [1.82, 2.24) is 9.21 Å². The van der Waals surface area contributed by atoms with Gasteiger partial charge in [0.25, 0.3) is 0 Å². The average molecular weight is 345 g/mol. The van der Waals surface area contributed by atoms with Crippen molar-refractivity contribution in [3.05, 3.63) is 71.8 Å². The Bertz CT molecular complexity index is 605. The van der Waals surface area contributed by atoms with Gasteiger partial charge in [0.05, 0.1) is 18.2 Å². The van der Waals surface area contributed by atoms with Gasteiger partial charge < -0.3 is 0 Å². The largest absolute Gasteiger partial charge is 0.269 e. The Morgan fingerprint density at radius 2 is 1.35 bits per heavy atom. The second-order valence-electron chi connectivity index (χ2n) is 5.82. The van der Waals surface area contributed by atoms with Crippen molar-refractivity contribution in [1.29, 1.82) is 0 Å². The minimum atomic E-state index is 0.371. The molecule has 4 heteroatoms. The lowest BCUT2D eigenvalue weighted by molar-refractivity contribution is 0.215.